The molecular weight excluding hydrogens is 324 g/mol. The van der Waals surface area contributed by atoms with Crippen molar-refractivity contribution in [2.45, 2.75) is 32.2 Å². The molecule has 0 saturated carbocycles. The highest BCUT2D eigenvalue weighted by molar-refractivity contribution is 9.10. The molecule has 0 aromatic heterocycles. The molecule has 2 rings (SSSR count). The van der Waals surface area contributed by atoms with Gasteiger partial charge in [-0.05, 0) is 49.7 Å². The molecule has 4 heteroatoms. The minimum atomic E-state index is 0.799. The summed E-state index contributed by atoms with van der Waals surface area (Å²) in [6.07, 6.45) is 5.53. The van der Waals surface area contributed by atoms with E-state index in [4.69, 9.17) is 11.6 Å². The molecule has 1 saturated heterocycles. The number of nitrogens with one attached hydrogen (secondary N) is 1. The van der Waals surface area contributed by atoms with Gasteiger partial charge in [0.1, 0.15) is 0 Å². The van der Waals surface area contributed by atoms with Crippen LogP contribution in [0.2, 0.25) is 5.02 Å². The zero-order valence-corrected chi connectivity index (χ0v) is 13.6. The summed E-state index contributed by atoms with van der Waals surface area (Å²) >= 11 is 9.57. The van der Waals surface area contributed by atoms with Gasteiger partial charge < -0.3 is 10.2 Å². The van der Waals surface area contributed by atoms with Crippen molar-refractivity contribution in [1.29, 1.82) is 0 Å². The monoisotopic (exact) mass is 344 g/mol. The molecule has 106 valence electrons. The summed E-state index contributed by atoms with van der Waals surface area (Å²) in [5.74, 6) is 0. The lowest BCUT2D eigenvalue weighted by Gasteiger charge is -2.19. The molecule has 0 bridgehead atoms. The van der Waals surface area contributed by atoms with Crippen LogP contribution >= 0.6 is 27.5 Å². The summed E-state index contributed by atoms with van der Waals surface area (Å²) in [4.78, 5) is 2.58. The molecule has 1 aliphatic heterocycles. The second-order valence-electron chi connectivity index (χ2n) is 5.17. The van der Waals surface area contributed by atoms with Crippen molar-refractivity contribution in [3.05, 3.63) is 33.3 Å². The van der Waals surface area contributed by atoms with E-state index in [1.165, 1.54) is 44.3 Å². The molecule has 1 heterocycles. The molecule has 0 unspecified atom stereocenters. The van der Waals surface area contributed by atoms with Crippen molar-refractivity contribution in [2.75, 3.05) is 26.2 Å². The lowest BCUT2D eigenvalue weighted by molar-refractivity contribution is 0.284. The summed E-state index contributed by atoms with van der Waals surface area (Å²) in [7, 11) is 0. The van der Waals surface area contributed by atoms with E-state index in [9.17, 15) is 0 Å². The van der Waals surface area contributed by atoms with E-state index in [1.807, 2.05) is 18.2 Å². The highest BCUT2D eigenvalue weighted by atomic mass is 79.9. The minimum Gasteiger partial charge on any atom is -0.311 e. The van der Waals surface area contributed by atoms with Gasteiger partial charge in [0.2, 0.25) is 0 Å². The molecular formula is C15H22BrClN2. The molecule has 19 heavy (non-hydrogen) atoms. The molecule has 0 amide bonds. The number of nitrogens with zero attached hydrogens (tertiary/aromatic N) is 1. The van der Waals surface area contributed by atoms with Gasteiger partial charge in [-0.1, -0.05) is 40.4 Å². The molecule has 1 aromatic rings. The number of hydrogen-bond donors (Lipinski definition) is 1. The molecule has 1 fully saturated rings. The first-order valence-corrected chi connectivity index (χ1v) is 8.30. The van der Waals surface area contributed by atoms with Crippen molar-refractivity contribution in [1.82, 2.24) is 10.2 Å². The molecule has 0 atom stereocenters. The molecule has 0 radical (unpaired) electrons. The first-order valence-electron chi connectivity index (χ1n) is 7.13. The highest BCUT2D eigenvalue weighted by Crippen LogP contribution is 2.20. The van der Waals surface area contributed by atoms with Crippen LogP contribution in [0.3, 0.4) is 0 Å². The number of likely N-dealkylation sites (tertiary alicyclic amines) is 1. The lowest BCUT2D eigenvalue weighted by atomic mass is 10.2. The first kappa shape index (κ1) is 15.3. The predicted octanol–water partition coefficient (Wildman–Crippen LogP) is 4.07. The fourth-order valence-electron chi connectivity index (χ4n) is 2.50. The maximum atomic E-state index is 6.01. The van der Waals surface area contributed by atoms with Gasteiger partial charge in [0.05, 0.1) is 0 Å². The Morgan fingerprint density at radius 3 is 2.63 bits per heavy atom. The molecule has 1 N–H and O–H groups in total. The van der Waals surface area contributed by atoms with Crippen LogP contribution in [0.15, 0.2) is 22.7 Å². The lowest BCUT2D eigenvalue weighted by Crippen LogP contribution is -2.32. The Bertz CT molecular complexity index is 390. The van der Waals surface area contributed by atoms with Gasteiger partial charge in [0, 0.05) is 29.1 Å². The Morgan fingerprint density at radius 1 is 1.16 bits per heavy atom. The molecule has 2 nitrogen and oxygen atoms in total. The van der Waals surface area contributed by atoms with Crippen LogP contribution in [0, 0.1) is 0 Å². The van der Waals surface area contributed by atoms with E-state index < -0.39 is 0 Å². The predicted molar refractivity (Wildman–Crippen MR) is 85.8 cm³/mol. The molecule has 1 aliphatic rings. The normalized spacial score (nSPS) is 17.4. The van der Waals surface area contributed by atoms with Gasteiger partial charge in [-0.15, -0.1) is 0 Å². The maximum Gasteiger partial charge on any atom is 0.0410 e. The fraction of sp³-hybridized carbons (Fsp3) is 0.600. The smallest absolute Gasteiger partial charge is 0.0410 e. The third-order valence-corrected chi connectivity index (χ3v) is 4.64. The van der Waals surface area contributed by atoms with E-state index in [2.05, 4.69) is 26.1 Å². The summed E-state index contributed by atoms with van der Waals surface area (Å²) < 4.78 is 1.12. The molecule has 1 aromatic carbocycles. The number of halogens is 2. The van der Waals surface area contributed by atoms with Crippen LogP contribution in [-0.2, 0) is 6.54 Å². The summed E-state index contributed by atoms with van der Waals surface area (Å²) in [5.41, 5.74) is 1.23. The molecule has 0 spiro atoms. The quantitative estimate of drug-likeness (QED) is 0.809. The van der Waals surface area contributed by atoms with Gasteiger partial charge in [-0.3, -0.25) is 0 Å². The van der Waals surface area contributed by atoms with Crippen LogP contribution in [0.4, 0.5) is 0 Å². The van der Waals surface area contributed by atoms with Gasteiger partial charge in [0.25, 0.3) is 0 Å². The Labute approximate surface area is 129 Å². The largest absolute Gasteiger partial charge is 0.311 e. The fourth-order valence-corrected chi connectivity index (χ4v) is 3.08. The second-order valence-corrected chi connectivity index (χ2v) is 6.46. The Morgan fingerprint density at radius 2 is 1.89 bits per heavy atom. The van der Waals surface area contributed by atoms with Crippen LogP contribution < -0.4 is 5.32 Å². The standard InChI is InChI=1S/C15H22BrClN2/c16-15-6-5-14(17)11-13(15)12-18-7-10-19-8-3-1-2-4-9-19/h5-6,11,18H,1-4,7-10,12H2. The van der Waals surface area contributed by atoms with Gasteiger partial charge in [0.15, 0.2) is 0 Å². The number of hydrogen-bond acceptors (Lipinski definition) is 2. The van der Waals surface area contributed by atoms with Crippen LogP contribution in [0.25, 0.3) is 0 Å². The number of rotatable bonds is 5. The van der Waals surface area contributed by atoms with Crippen molar-refractivity contribution >= 4 is 27.5 Å². The Balaban J connectivity index is 1.69. The average molecular weight is 346 g/mol. The van der Waals surface area contributed by atoms with Crippen molar-refractivity contribution < 1.29 is 0 Å². The van der Waals surface area contributed by atoms with E-state index >= 15 is 0 Å². The summed E-state index contributed by atoms with van der Waals surface area (Å²) in [6.45, 7) is 5.59. The third-order valence-electron chi connectivity index (χ3n) is 3.63. The highest BCUT2D eigenvalue weighted by Gasteiger charge is 2.08. The first-order chi connectivity index (χ1) is 9.25. The van der Waals surface area contributed by atoms with E-state index in [1.54, 1.807) is 0 Å². The maximum absolute atomic E-state index is 6.01. The van der Waals surface area contributed by atoms with Crippen LogP contribution in [-0.4, -0.2) is 31.1 Å². The van der Waals surface area contributed by atoms with Gasteiger partial charge in [-0.25, -0.2) is 0 Å². The Hall–Kier alpha value is -0.0900. The van der Waals surface area contributed by atoms with E-state index in [0.717, 1.165) is 29.1 Å². The summed E-state index contributed by atoms with van der Waals surface area (Å²) in [5, 5.41) is 4.31. The van der Waals surface area contributed by atoms with Crippen molar-refractivity contribution in [3.63, 3.8) is 0 Å². The number of benzene rings is 1. The van der Waals surface area contributed by atoms with Crippen molar-refractivity contribution in [2.24, 2.45) is 0 Å². The minimum absolute atomic E-state index is 0.799. The van der Waals surface area contributed by atoms with Crippen molar-refractivity contribution in [3.8, 4) is 0 Å². The third kappa shape index (κ3) is 5.42. The average Bonchev–Trinajstić information content (AvgIpc) is 2.67. The zero-order valence-electron chi connectivity index (χ0n) is 11.3. The van der Waals surface area contributed by atoms with E-state index in [0.29, 0.717) is 0 Å². The summed E-state index contributed by atoms with van der Waals surface area (Å²) in [6, 6.07) is 5.94. The second kappa shape index (κ2) is 8.25. The molecule has 0 aliphatic carbocycles. The Kier molecular flexibility index (Phi) is 6.65. The van der Waals surface area contributed by atoms with Gasteiger partial charge >= 0.3 is 0 Å². The van der Waals surface area contributed by atoms with Gasteiger partial charge in [-0.2, -0.15) is 0 Å². The SMILES string of the molecule is Clc1ccc(Br)c(CNCCN2CCCCCC2)c1. The van der Waals surface area contributed by atoms with Crippen LogP contribution in [0.5, 0.6) is 0 Å². The van der Waals surface area contributed by atoms with E-state index in [-0.39, 0.29) is 0 Å². The topological polar surface area (TPSA) is 15.3 Å². The van der Waals surface area contributed by atoms with Crippen LogP contribution in [0.1, 0.15) is 31.2 Å². The zero-order chi connectivity index (χ0) is 13.5.